The normalized spacial score (nSPS) is 14.6. The molecular formula is C25H31N3O5. The molecule has 176 valence electrons. The molecule has 3 rings (SSSR count). The molecule has 0 aliphatic heterocycles. The molecule has 2 aromatic carbocycles. The van der Waals surface area contributed by atoms with Crippen LogP contribution in [0.4, 0.5) is 11.4 Å². The third kappa shape index (κ3) is 5.63. The van der Waals surface area contributed by atoms with E-state index in [1.165, 1.54) is 6.92 Å². The van der Waals surface area contributed by atoms with Gasteiger partial charge >= 0.3 is 0 Å². The van der Waals surface area contributed by atoms with Crippen LogP contribution >= 0.6 is 0 Å². The first kappa shape index (κ1) is 24.1. The van der Waals surface area contributed by atoms with Crippen LogP contribution in [-0.2, 0) is 14.4 Å². The summed E-state index contributed by atoms with van der Waals surface area (Å²) < 4.78 is 10.4. The second-order valence-electron chi connectivity index (χ2n) is 8.11. The van der Waals surface area contributed by atoms with Crippen molar-refractivity contribution in [2.75, 3.05) is 31.0 Å². The van der Waals surface area contributed by atoms with Gasteiger partial charge in [0.1, 0.15) is 17.0 Å². The molecule has 8 nitrogen and oxygen atoms in total. The van der Waals surface area contributed by atoms with Crippen molar-refractivity contribution in [2.24, 2.45) is 0 Å². The van der Waals surface area contributed by atoms with Crippen molar-refractivity contribution in [3.63, 3.8) is 0 Å². The zero-order valence-electron chi connectivity index (χ0n) is 19.3. The van der Waals surface area contributed by atoms with E-state index in [9.17, 15) is 14.4 Å². The van der Waals surface area contributed by atoms with Crippen molar-refractivity contribution in [3.05, 3.63) is 48.5 Å². The first-order chi connectivity index (χ1) is 15.9. The molecule has 3 amide bonds. The Labute approximate surface area is 194 Å². The van der Waals surface area contributed by atoms with E-state index in [1.54, 1.807) is 67.7 Å². The van der Waals surface area contributed by atoms with E-state index < -0.39 is 5.54 Å². The largest absolute Gasteiger partial charge is 0.497 e. The van der Waals surface area contributed by atoms with Gasteiger partial charge < -0.3 is 20.1 Å². The Balaban J connectivity index is 2.00. The Morgan fingerprint density at radius 3 is 1.94 bits per heavy atom. The third-order valence-electron chi connectivity index (χ3n) is 5.95. The van der Waals surface area contributed by atoms with E-state index in [2.05, 4.69) is 10.6 Å². The molecule has 1 aliphatic carbocycles. The molecule has 1 fully saturated rings. The number of carbonyl (C=O) groups excluding carboxylic acids is 3. The highest BCUT2D eigenvalue weighted by molar-refractivity contribution is 6.09. The van der Waals surface area contributed by atoms with Gasteiger partial charge in [-0.05, 0) is 61.4 Å². The van der Waals surface area contributed by atoms with Crippen LogP contribution in [0.15, 0.2) is 48.5 Å². The molecule has 1 aliphatic rings. The van der Waals surface area contributed by atoms with Crippen LogP contribution in [0, 0.1) is 0 Å². The summed E-state index contributed by atoms with van der Waals surface area (Å²) >= 11 is 0. The SMILES string of the molecule is COc1ccc(NC(=O)C2(N(C(=O)CNC(C)=O)c3ccc(OC)cc3)CCCCC2)cc1. The van der Waals surface area contributed by atoms with Gasteiger partial charge in [0.25, 0.3) is 5.91 Å². The smallest absolute Gasteiger partial charge is 0.250 e. The Morgan fingerprint density at radius 2 is 1.42 bits per heavy atom. The Morgan fingerprint density at radius 1 is 0.879 bits per heavy atom. The van der Waals surface area contributed by atoms with Crippen LogP contribution < -0.4 is 25.0 Å². The summed E-state index contributed by atoms with van der Waals surface area (Å²) in [5.41, 5.74) is 0.121. The van der Waals surface area contributed by atoms with Crippen LogP contribution in [0.5, 0.6) is 11.5 Å². The van der Waals surface area contributed by atoms with Crippen LogP contribution in [0.3, 0.4) is 0 Å². The molecule has 0 saturated heterocycles. The zero-order chi connectivity index (χ0) is 23.8. The maximum atomic E-state index is 13.8. The first-order valence-corrected chi connectivity index (χ1v) is 11.1. The van der Waals surface area contributed by atoms with Gasteiger partial charge in [-0.1, -0.05) is 19.3 Å². The van der Waals surface area contributed by atoms with Crippen LogP contribution in [0.1, 0.15) is 39.0 Å². The molecule has 2 N–H and O–H groups in total. The van der Waals surface area contributed by atoms with Crippen LogP contribution in [0.25, 0.3) is 0 Å². The summed E-state index contributed by atoms with van der Waals surface area (Å²) in [6.07, 6.45) is 3.67. The highest BCUT2D eigenvalue weighted by Gasteiger charge is 2.47. The quantitative estimate of drug-likeness (QED) is 0.638. The van der Waals surface area contributed by atoms with E-state index in [4.69, 9.17) is 9.47 Å². The second-order valence-corrected chi connectivity index (χ2v) is 8.11. The Kier molecular flexibility index (Phi) is 7.92. The minimum Gasteiger partial charge on any atom is -0.497 e. The highest BCUT2D eigenvalue weighted by atomic mass is 16.5. The van der Waals surface area contributed by atoms with E-state index >= 15 is 0 Å². The molecule has 0 unspecified atom stereocenters. The monoisotopic (exact) mass is 453 g/mol. The topological polar surface area (TPSA) is 97.0 Å². The number of hydrogen-bond acceptors (Lipinski definition) is 5. The van der Waals surface area contributed by atoms with Gasteiger partial charge in [0.2, 0.25) is 11.8 Å². The molecule has 2 aromatic rings. The van der Waals surface area contributed by atoms with Gasteiger partial charge in [-0.25, -0.2) is 0 Å². The lowest BCUT2D eigenvalue weighted by atomic mass is 9.78. The molecule has 0 bridgehead atoms. The number of rotatable bonds is 8. The molecule has 33 heavy (non-hydrogen) atoms. The minimum atomic E-state index is -1.08. The van der Waals surface area contributed by atoms with Gasteiger partial charge in [0.15, 0.2) is 0 Å². The van der Waals surface area contributed by atoms with Gasteiger partial charge in [-0.3, -0.25) is 19.3 Å². The summed E-state index contributed by atoms with van der Waals surface area (Å²) in [7, 11) is 3.15. The predicted molar refractivity (Wildman–Crippen MR) is 127 cm³/mol. The lowest BCUT2D eigenvalue weighted by Gasteiger charge is -2.45. The van der Waals surface area contributed by atoms with Crippen molar-refractivity contribution in [3.8, 4) is 11.5 Å². The number of carbonyl (C=O) groups is 3. The fourth-order valence-corrected chi connectivity index (χ4v) is 4.25. The van der Waals surface area contributed by atoms with E-state index in [1.807, 2.05) is 0 Å². The number of amides is 3. The average molecular weight is 454 g/mol. The van der Waals surface area contributed by atoms with Crippen LogP contribution in [-0.4, -0.2) is 44.0 Å². The number of ether oxygens (including phenoxy) is 2. The van der Waals surface area contributed by atoms with Crippen molar-refractivity contribution < 1.29 is 23.9 Å². The summed E-state index contributed by atoms with van der Waals surface area (Å²) in [4.78, 5) is 40.2. The highest BCUT2D eigenvalue weighted by Crippen LogP contribution is 2.39. The number of nitrogens with zero attached hydrogens (tertiary/aromatic N) is 1. The summed E-state index contributed by atoms with van der Waals surface area (Å²) in [5, 5.41) is 5.57. The lowest BCUT2D eigenvalue weighted by Crippen LogP contribution is -2.62. The molecular weight excluding hydrogens is 422 g/mol. The first-order valence-electron chi connectivity index (χ1n) is 11.1. The Hall–Kier alpha value is -3.55. The van der Waals surface area contributed by atoms with Crippen molar-refractivity contribution in [1.29, 1.82) is 0 Å². The maximum absolute atomic E-state index is 13.8. The lowest BCUT2D eigenvalue weighted by molar-refractivity contribution is -0.128. The predicted octanol–water partition coefficient (Wildman–Crippen LogP) is 3.51. The molecule has 0 radical (unpaired) electrons. The maximum Gasteiger partial charge on any atom is 0.250 e. The van der Waals surface area contributed by atoms with E-state index in [-0.39, 0.29) is 24.3 Å². The fourth-order valence-electron chi connectivity index (χ4n) is 4.25. The molecule has 1 saturated carbocycles. The molecule has 0 heterocycles. The van der Waals surface area contributed by atoms with Gasteiger partial charge in [0.05, 0.1) is 20.8 Å². The summed E-state index contributed by atoms with van der Waals surface area (Å²) in [6.45, 7) is 1.16. The molecule has 0 aromatic heterocycles. The summed E-state index contributed by atoms with van der Waals surface area (Å²) in [5.74, 6) is 0.430. The number of hydrogen-bond donors (Lipinski definition) is 2. The van der Waals surface area contributed by atoms with Gasteiger partial charge in [-0.15, -0.1) is 0 Å². The number of methoxy groups -OCH3 is 2. The Bertz CT molecular complexity index is 967. The number of anilines is 2. The molecule has 0 spiro atoms. The summed E-state index contributed by atoms with van der Waals surface area (Å²) in [6, 6.07) is 14.1. The fraction of sp³-hybridized carbons (Fsp3) is 0.400. The van der Waals surface area contributed by atoms with Gasteiger partial charge in [-0.2, -0.15) is 0 Å². The molecule has 8 heteroatoms. The number of benzene rings is 2. The van der Waals surface area contributed by atoms with Crippen molar-refractivity contribution in [2.45, 2.75) is 44.6 Å². The van der Waals surface area contributed by atoms with E-state index in [0.717, 1.165) is 19.3 Å². The molecule has 0 atom stereocenters. The van der Waals surface area contributed by atoms with Crippen LogP contribution in [0.2, 0.25) is 0 Å². The second kappa shape index (κ2) is 10.8. The van der Waals surface area contributed by atoms with Gasteiger partial charge in [0, 0.05) is 18.3 Å². The minimum absolute atomic E-state index is 0.196. The van der Waals surface area contributed by atoms with Crippen molar-refractivity contribution >= 4 is 29.1 Å². The van der Waals surface area contributed by atoms with E-state index in [0.29, 0.717) is 35.7 Å². The average Bonchev–Trinajstić information content (AvgIpc) is 2.84. The number of nitrogens with one attached hydrogen (secondary N) is 2. The standard InChI is InChI=1S/C25H31N3O5/c1-18(29)26-17-23(30)28(20-9-13-22(33-3)14-10-20)25(15-5-4-6-16-25)24(31)27-19-7-11-21(32-2)12-8-19/h7-14H,4-6,15-17H2,1-3H3,(H,26,29)(H,27,31). The third-order valence-corrected chi connectivity index (χ3v) is 5.95. The zero-order valence-corrected chi connectivity index (χ0v) is 19.3. The van der Waals surface area contributed by atoms with Crippen molar-refractivity contribution in [1.82, 2.24) is 5.32 Å².